The van der Waals surface area contributed by atoms with Gasteiger partial charge in [0.2, 0.25) is 5.91 Å². The fourth-order valence-corrected chi connectivity index (χ4v) is 5.06. The van der Waals surface area contributed by atoms with Crippen molar-refractivity contribution in [2.75, 3.05) is 5.32 Å². The largest absolute Gasteiger partial charge is 0.325 e. The van der Waals surface area contributed by atoms with Gasteiger partial charge in [0.1, 0.15) is 0 Å². The first kappa shape index (κ1) is 19.8. The topological polar surface area (TPSA) is 46.9 Å². The molecule has 3 rings (SSSR count). The Labute approximate surface area is 172 Å². The minimum absolute atomic E-state index is 0.0442. The number of nitrogens with zero attached hydrogens (tertiary/aromatic N) is 2. The van der Waals surface area contributed by atoms with E-state index in [1.54, 1.807) is 4.68 Å². The van der Waals surface area contributed by atoms with Crippen LogP contribution in [0.15, 0.2) is 46.8 Å². The molecule has 0 spiro atoms. The highest BCUT2D eigenvalue weighted by atomic mass is 32.2. The second-order valence-electron chi connectivity index (χ2n) is 6.40. The minimum atomic E-state index is -0.282. The molecule has 140 valence electrons. The predicted molar refractivity (Wildman–Crippen MR) is 117 cm³/mol. The van der Waals surface area contributed by atoms with Crippen LogP contribution < -0.4 is 5.32 Å². The van der Waals surface area contributed by atoms with Crippen molar-refractivity contribution >= 4 is 46.9 Å². The quantitative estimate of drug-likeness (QED) is 0.428. The second kappa shape index (κ2) is 8.37. The molecule has 1 aromatic heterocycles. The Balaban J connectivity index is 1.75. The summed E-state index contributed by atoms with van der Waals surface area (Å²) in [7, 11) is 0. The van der Waals surface area contributed by atoms with Gasteiger partial charge < -0.3 is 5.32 Å². The average molecular weight is 416 g/mol. The van der Waals surface area contributed by atoms with E-state index in [1.807, 2.05) is 70.2 Å². The lowest BCUT2D eigenvalue weighted by Gasteiger charge is -2.13. The highest BCUT2D eigenvalue weighted by Crippen LogP contribution is 2.29. The first-order valence-electron chi connectivity index (χ1n) is 8.56. The third-order valence-corrected chi connectivity index (χ3v) is 6.59. The monoisotopic (exact) mass is 415 g/mol. The molecule has 1 amide bonds. The van der Waals surface area contributed by atoms with Crippen molar-refractivity contribution in [3.63, 3.8) is 0 Å². The zero-order valence-electron chi connectivity index (χ0n) is 15.6. The van der Waals surface area contributed by atoms with Gasteiger partial charge in [-0.1, -0.05) is 53.4 Å². The van der Waals surface area contributed by atoms with E-state index in [2.05, 4.69) is 10.4 Å². The van der Waals surface area contributed by atoms with Gasteiger partial charge in [-0.05, 0) is 68.7 Å². The van der Waals surface area contributed by atoms with Crippen molar-refractivity contribution in [3.05, 3.63) is 63.1 Å². The van der Waals surface area contributed by atoms with Crippen LogP contribution in [0.5, 0.6) is 0 Å². The molecule has 0 saturated heterocycles. The first-order chi connectivity index (χ1) is 12.8. The maximum atomic E-state index is 12.6. The predicted octanol–water partition coefficient (Wildman–Crippen LogP) is 5.71. The summed E-state index contributed by atoms with van der Waals surface area (Å²) < 4.78 is 3.23. The Hall–Kier alpha value is -1.96. The van der Waals surface area contributed by atoms with E-state index in [-0.39, 0.29) is 11.2 Å². The Kier molecular flexibility index (Phi) is 6.14. The molecule has 1 atom stereocenters. The van der Waals surface area contributed by atoms with Gasteiger partial charge in [0.25, 0.3) is 0 Å². The molecule has 2 aromatic carbocycles. The number of amides is 1. The van der Waals surface area contributed by atoms with Crippen LogP contribution in [0, 0.1) is 24.7 Å². The number of carbonyl (C=O) groups is 1. The van der Waals surface area contributed by atoms with Crippen LogP contribution in [0.4, 0.5) is 5.69 Å². The van der Waals surface area contributed by atoms with Crippen LogP contribution in [-0.2, 0) is 4.79 Å². The SMILES string of the molecule is Cc1ccc(C)c(NC(=O)[C@@H](C)Sc2nn(-c3ccccc3C)c(=S)s2)c1. The molecule has 0 fully saturated rings. The van der Waals surface area contributed by atoms with Crippen LogP contribution in [-0.4, -0.2) is 20.9 Å². The lowest BCUT2D eigenvalue weighted by molar-refractivity contribution is -0.115. The molecule has 0 aliphatic heterocycles. The van der Waals surface area contributed by atoms with E-state index >= 15 is 0 Å². The number of para-hydroxylation sites is 1. The van der Waals surface area contributed by atoms with Crippen molar-refractivity contribution in [1.29, 1.82) is 0 Å². The molecule has 3 aromatic rings. The molecule has 0 saturated carbocycles. The molecule has 0 radical (unpaired) electrons. The summed E-state index contributed by atoms with van der Waals surface area (Å²) in [6.07, 6.45) is 0. The van der Waals surface area contributed by atoms with Gasteiger partial charge in [-0.3, -0.25) is 4.79 Å². The van der Waals surface area contributed by atoms with Gasteiger partial charge >= 0.3 is 0 Å². The fraction of sp³-hybridized carbons (Fsp3) is 0.250. The van der Waals surface area contributed by atoms with Crippen LogP contribution in [0.1, 0.15) is 23.6 Å². The molecule has 4 nitrogen and oxygen atoms in total. The number of nitrogens with one attached hydrogen (secondary N) is 1. The van der Waals surface area contributed by atoms with Crippen molar-refractivity contribution in [3.8, 4) is 5.69 Å². The summed E-state index contributed by atoms with van der Waals surface area (Å²) in [6, 6.07) is 14.0. The lowest BCUT2D eigenvalue weighted by Crippen LogP contribution is -2.22. The van der Waals surface area contributed by atoms with Gasteiger partial charge in [0.15, 0.2) is 8.29 Å². The molecule has 0 bridgehead atoms. The lowest BCUT2D eigenvalue weighted by atomic mass is 10.1. The highest BCUT2D eigenvalue weighted by molar-refractivity contribution is 8.02. The summed E-state index contributed by atoms with van der Waals surface area (Å²) in [6.45, 7) is 7.91. The number of carbonyl (C=O) groups excluding carboxylic acids is 1. The highest BCUT2D eigenvalue weighted by Gasteiger charge is 2.18. The zero-order valence-corrected chi connectivity index (χ0v) is 18.1. The number of hydrogen-bond acceptors (Lipinski definition) is 5. The zero-order chi connectivity index (χ0) is 19.6. The van der Waals surface area contributed by atoms with Crippen LogP contribution in [0.25, 0.3) is 5.69 Å². The average Bonchev–Trinajstić information content (AvgIpc) is 2.98. The van der Waals surface area contributed by atoms with E-state index in [9.17, 15) is 4.79 Å². The summed E-state index contributed by atoms with van der Waals surface area (Å²) in [5.41, 5.74) is 5.09. The number of anilines is 1. The second-order valence-corrected chi connectivity index (χ2v) is 9.61. The van der Waals surface area contributed by atoms with Crippen molar-refractivity contribution in [2.24, 2.45) is 0 Å². The normalized spacial score (nSPS) is 12.0. The molecular formula is C20H21N3OS3. The molecule has 7 heteroatoms. The molecule has 27 heavy (non-hydrogen) atoms. The smallest absolute Gasteiger partial charge is 0.237 e. The molecule has 0 aliphatic carbocycles. The maximum Gasteiger partial charge on any atom is 0.237 e. The van der Waals surface area contributed by atoms with Gasteiger partial charge in [-0.15, -0.1) is 5.10 Å². The van der Waals surface area contributed by atoms with E-state index < -0.39 is 0 Å². The van der Waals surface area contributed by atoms with Crippen LogP contribution in [0.3, 0.4) is 0 Å². The first-order valence-corrected chi connectivity index (χ1v) is 10.7. The van der Waals surface area contributed by atoms with Crippen molar-refractivity contribution in [1.82, 2.24) is 9.78 Å². The van der Waals surface area contributed by atoms with E-state index in [0.717, 1.165) is 32.4 Å². The Morgan fingerprint density at radius 1 is 1.19 bits per heavy atom. The van der Waals surface area contributed by atoms with E-state index in [4.69, 9.17) is 12.2 Å². The Morgan fingerprint density at radius 2 is 1.93 bits per heavy atom. The van der Waals surface area contributed by atoms with Crippen LogP contribution in [0.2, 0.25) is 0 Å². The number of aryl methyl sites for hydroxylation is 3. The Morgan fingerprint density at radius 3 is 2.67 bits per heavy atom. The fourth-order valence-electron chi connectivity index (χ4n) is 2.57. The molecule has 1 heterocycles. The van der Waals surface area contributed by atoms with Gasteiger partial charge in [-0.2, -0.15) is 0 Å². The van der Waals surface area contributed by atoms with E-state index in [1.165, 1.54) is 23.1 Å². The van der Waals surface area contributed by atoms with Crippen molar-refractivity contribution < 1.29 is 4.79 Å². The minimum Gasteiger partial charge on any atom is -0.325 e. The van der Waals surface area contributed by atoms with Gasteiger partial charge in [0.05, 0.1) is 10.9 Å². The number of thioether (sulfide) groups is 1. The number of benzene rings is 2. The standard InChI is InChI=1S/C20H21N3OS3/c1-12-9-10-13(2)16(11-12)21-18(24)15(4)26-19-22-23(20(25)27-19)17-8-6-5-7-14(17)3/h5-11,15H,1-4H3,(H,21,24)/t15-/m1/s1. The number of aromatic nitrogens is 2. The van der Waals surface area contributed by atoms with Crippen LogP contribution >= 0.6 is 35.3 Å². The summed E-state index contributed by atoms with van der Waals surface area (Å²) in [4.78, 5) is 12.6. The summed E-state index contributed by atoms with van der Waals surface area (Å²) in [5, 5.41) is 7.35. The molecular weight excluding hydrogens is 394 g/mol. The molecule has 0 unspecified atom stereocenters. The van der Waals surface area contributed by atoms with E-state index in [0.29, 0.717) is 3.95 Å². The molecule has 1 N–H and O–H groups in total. The van der Waals surface area contributed by atoms with Gasteiger partial charge in [-0.25, -0.2) is 4.68 Å². The summed E-state index contributed by atoms with van der Waals surface area (Å²) >= 11 is 8.32. The Bertz CT molecular complexity index is 1040. The molecule has 0 aliphatic rings. The maximum absolute atomic E-state index is 12.6. The number of rotatable bonds is 5. The number of hydrogen-bond donors (Lipinski definition) is 1. The van der Waals surface area contributed by atoms with Gasteiger partial charge in [0, 0.05) is 5.69 Å². The third kappa shape index (κ3) is 4.66. The van der Waals surface area contributed by atoms with Crippen molar-refractivity contribution in [2.45, 2.75) is 37.3 Å². The summed E-state index contributed by atoms with van der Waals surface area (Å²) in [5.74, 6) is -0.0442. The third-order valence-electron chi connectivity index (χ3n) is 4.17.